The summed E-state index contributed by atoms with van der Waals surface area (Å²) in [5, 5.41) is 3.77. The van der Waals surface area contributed by atoms with Crippen molar-refractivity contribution in [1.82, 2.24) is 10.2 Å². The van der Waals surface area contributed by atoms with Gasteiger partial charge in [0.2, 0.25) is 0 Å². The minimum atomic E-state index is 0.592. The second kappa shape index (κ2) is 7.95. The van der Waals surface area contributed by atoms with E-state index in [9.17, 15) is 0 Å². The van der Waals surface area contributed by atoms with Gasteiger partial charge in [-0.05, 0) is 36.8 Å². The monoisotopic (exact) mass is 288 g/mol. The molecule has 0 amide bonds. The third kappa shape index (κ3) is 5.12. The van der Waals surface area contributed by atoms with Crippen molar-refractivity contribution in [3.8, 4) is 0 Å². The quantitative estimate of drug-likeness (QED) is 0.861. The number of rotatable bonds is 6. The van der Waals surface area contributed by atoms with Gasteiger partial charge in [0.25, 0.3) is 0 Å². The second-order valence-corrected chi connectivity index (χ2v) is 7.28. The van der Waals surface area contributed by atoms with E-state index in [2.05, 4.69) is 68.2 Å². The maximum absolute atomic E-state index is 3.77. The third-order valence-corrected chi connectivity index (χ3v) is 4.63. The molecule has 0 radical (unpaired) electrons. The van der Waals surface area contributed by atoms with Gasteiger partial charge >= 0.3 is 0 Å². The first-order valence-electron chi connectivity index (χ1n) is 8.57. The Morgan fingerprint density at radius 1 is 1.14 bits per heavy atom. The number of hydrogen-bond acceptors (Lipinski definition) is 2. The van der Waals surface area contributed by atoms with Crippen molar-refractivity contribution in [2.45, 2.75) is 52.6 Å². The molecule has 0 aliphatic carbocycles. The first-order chi connectivity index (χ1) is 10.1. The van der Waals surface area contributed by atoms with Crippen molar-refractivity contribution in [1.29, 1.82) is 0 Å². The van der Waals surface area contributed by atoms with Crippen molar-refractivity contribution in [2.24, 2.45) is 11.8 Å². The smallest absolute Gasteiger partial charge is 0.0244 e. The molecule has 1 saturated heterocycles. The van der Waals surface area contributed by atoms with Crippen LogP contribution in [0.25, 0.3) is 0 Å². The highest BCUT2D eigenvalue weighted by molar-refractivity contribution is 5.16. The molecule has 2 atom stereocenters. The summed E-state index contributed by atoms with van der Waals surface area (Å²) in [6.07, 6.45) is 2.45. The van der Waals surface area contributed by atoms with E-state index in [4.69, 9.17) is 0 Å². The van der Waals surface area contributed by atoms with Crippen LogP contribution in [0.3, 0.4) is 0 Å². The minimum Gasteiger partial charge on any atom is -0.311 e. The fourth-order valence-corrected chi connectivity index (χ4v) is 3.27. The third-order valence-electron chi connectivity index (χ3n) is 4.63. The fourth-order valence-electron chi connectivity index (χ4n) is 3.27. The Labute approximate surface area is 130 Å². The normalized spacial score (nSPS) is 23.9. The summed E-state index contributed by atoms with van der Waals surface area (Å²) >= 11 is 0. The fraction of sp³-hybridized carbons (Fsp3) is 0.684. The van der Waals surface area contributed by atoms with E-state index >= 15 is 0 Å². The van der Waals surface area contributed by atoms with E-state index in [1.165, 1.54) is 25.1 Å². The van der Waals surface area contributed by atoms with Gasteiger partial charge < -0.3 is 5.32 Å². The maximum atomic E-state index is 3.77. The second-order valence-electron chi connectivity index (χ2n) is 7.28. The van der Waals surface area contributed by atoms with Gasteiger partial charge in [0.1, 0.15) is 0 Å². The Morgan fingerprint density at radius 2 is 1.86 bits per heavy atom. The zero-order valence-corrected chi connectivity index (χ0v) is 14.2. The van der Waals surface area contributed by atoms with Crippen LogP contribution in [0, 0.1) is 11.8 Å². The Bertz CT molecular complexity index is 399. The molecule has 0 saturated carbocycles. The van der Waals surface area contributed by atoms with Gasteiger partial charge in [-0.2, -0.15) is 0 Å². The van der Waals surface area contributed by atoms with E-state index in [1.807, 2.05) is 0 Å². The molecule has 1 aromatic carbocycles. The lowest BCUT2D eigenvalue weighted by atomic mass is 9.95. The van der Waals surface area contributed by atoms with Crippen LogP contribution in [0.1, 0.15) is 39.7 Å². The van der Waals surface area contributed by atoms with Gasteiger partial charge in [-0.3, -0.25) is 4.90 Å². The zero-order chi connectivity index (χ0) is 15.2. The average Bonchev–Trinajstić information content (AvgIpc) is 2.46. The van der Waals surface area contributed by atoms with E-state index in [0.29, 0.717) is 12.1 Å². The molecule has 21 heavy (non-hydrogen) atoms. The maximum Gasteiger partial charge on any atom is 0.0244 e. The van der Waals surface area contributed by atoms with Crippen LogP contribution in [0.4, 0.5) is 0 Å². The molecule has 2 heteroatoms. The SMILES string of the molecule is CC(C)CCN1CC(Cc2ccccc2)NCC1C(C)C. The number of hydrogen-bond donors (Lipinski definition) is 1. The summed E-state index contributed by atoms with van der Waals surface area (Å²) < 4.78 is 0. The lowest BCUT2D eigenvalue weighted by Gasteiger charge is -2.43. The van der Waals surface area contributed by atoms with Crippen molar-refractivity contribution < 1.29 is 0 Å². The Balaban J connectivity index is 1.94. The van der Waals surface area contributed by atoms with Crippen LogP contribution in [-0.2, 0) is 6.42 Å². The predicted octanol–water partition coefficient (Wildman–Crippen LogP) is 3.57. The molecule has 1 fully saturated rings. The van der Waals surface area contributed by atoms with Crippen LogP contribution in [0.2, 0.25) is 0 Å². The van der Waals surface area contributed by atoms with Gasteiger partial charge in [-0.25, -0.2) is 0 Å². The highest BCUT2D eigenvalue weighted by Crippen LogP contribution is 2.18. The van der Waals surface area contributed by atoms with Crippen LogP contribution in [-0.4, -0.2) is 36.6 Å². The first-order valence-corrected chi connectivity index (χ1v) is 8.57. The Kier molecular flexibility index (Phi) is 6.25. The van der Waals surface area contributed by atoms with E-state index in [1.54, 1.807) is 0 Å². The van der Waals surface area contributed by atoms with E-state index in [0.717, 1.165) is 24.8 Å². The van der Waals surface area contributed by atoms with Crippen molar-refractivity contribution in [3.05, 3.63) is 35.9 Å². The van der Waals surface area contributed by atoms with Crippen LogP contribution in [0.5, 0.6) is 0 Å². The number of piperazine rings is 1. The average molecular weight is 288 g/mol. The molecule has 1 aliphatic heterocycles. The van der Waals surface area contributed by atoms with E-state index in [-0.39, 0.29) is 0 Å². The number of nitrogens with one attached hydrogen (secondary N) is 1. The van der Waals surface area contributed by atoms with Crippen LogP contribution >= 0.6 is 0 Å². The van der Waals surface area contributed by atoms with Gasteiger partial charge in [-0.15, -0.1) is 0 Å². The molecule has 0 spiro atoms. The standard InChI is InChI=1S/C19H32N2/c1-15(2)10-11-21-14-18(20-13-19(21)16(3)4)12-17-8-6-5-7-9-17/h5-9,15-16,18-20H,10-14H2,1-4H3. The molecular formula is C19H32N2. The van der Waals surface area contributed by atoms with Gasteiger partial charge in [0, 0.05) is 25.2 Å². The van der Waals surface area contributed by atoms with Crippen LogP contribution < -0.4 is 5.32 Å². The van der Waals surface area contributed by atoms with Gasteiger partial charge in [0.05, 0.1) is 0 Å². The lowest BCUT2D eigenvalue weighted by Crippen LogP contribution is -2.59. The molecule has 1 heterocycles. The van der Waals surface area contributed by atoms with E-state index < -0.39 is 0 Å². The lowest BCUT2D eigenvalue weighted by molar-refractivity contribution is 0.0933. The predicted molar refractivity (Wildman–Crippen MR) is 91.6 cm³/mol. The molecule has 1 N–H and O–H groups in total. The molecule has 0 aromatic heterocycles. The van der Waals surface area contributed by atoms with Crippen molar-refractivity contribution in [2.75, 3.05) is 19.6 Å². The summed E-state index contributed by atoms with van der Waals surface area (Å²) in [4.78, 5) is 2.73. The zero-order valence-electron chi connectivity index (χ0n) is 14.2. The molecular weight excluding hydrogens is 256 g/mol. The molecule has 2 unspecified atom stereocenters. The first kappa shape index (κ1) is 16.5. The number of benzene rings is 1. The summed E-state index contributed by atoms with van der Waals surface area (Å²) in [7, 11) is 0. The highest BCUT2D eigenvalue weighted by Gasteiger charge is 2.29. The Morgan fingerprint density at radius 3 is 2.48 bits per heavy atom. The van der Waals surface area contributed by atoms with Gasteiger partial charge in [0.15, 0.2) is 0 Å². The topological polar surface area (TPSA) is 15.3 Å². The minimum absolute atomic E-state index is 0.592. The highest BCUT2D eigenvalue weighted by atomic mass is 15.2. The summed E-state index contributed by atoms with van der Waals surface area (Å²) in [5.41, 5.74) is 1.45. The Hall–Kier alpha value is -0.860. The summed E-state index contributed by atoms with van der Waals surface area (Å²) in [6, 6.07) is 12.2. The number of nitrogens with zero attached hydrogens (tertiary/aromatic N) is 1. The molecule has 2 nitrogen and oxygen atoms in total. The summed E-state index contributed by atoms with van der Waals surface area (Å²) in [5.74, 6) is 1.52. The molecule has 2 rings (SSSR count). The molecule has 118 valence electrons. The summed E-state index contributed by atoms with van der Waals surface area (Å²) in [6.45, 7) is 12.9. The van der Waals surface area contributed by atoms with Crippen molar-refractivity contribution in [3.63, 3.8) is 0 Å². The molecule has 1 aromatic rings. The van der Waals surface area contributed by atoms with Crippen molar-refractivity contribution >= 4 is 0 Å². The molecule has 0 bridgehead atoms. The molecule has 1 aliphatic rings. The van der Waals surface area contributed by atoms with Gasteiger partial charge in [-0.1, -0.05) is 58.0 Å². The largest absolute Gasteiger partial charge is 0.311 e. The van der Waals surface area contributed by atoms with Crippen LogP contribution in [0.15, 0.2) is 30.3 Å².